The first-order chi connectivity index (χ1) is 3.80. The molecule has 0 aliphatic rings. The maximum atomic E-state index is 9.82. The van der Waals surface area contributed by atoms with Gasteiger partial charge in [0.15, 0.2) is 0 Å². The van der Waals surface area contributed by atoms with Crippen molar-refractivity contribution in [1.82, 2.24) is 4.98 Å². The third-order valence-electron chi connectivity index (χ3n) is 0.720. The Morgan fingerprint density at radius 2 is 2.62 bits per heavy atom. The highest BCUT2D eigenvalue weighted by molar-refractivity contribution is 5.16. The molecule has 4 heteroatoms. The highest BCUT2D eigenvalue weighted by Crippen LogP contribution is 2.02. The summed E-state index contributed by atoms with van der Waals surface area (Å²) in [7, 11) is 0. The summed E-state index contributed by atoms with van der Waals surface area (Å²) in [4.78, 5) is 11.7. The predicted molar refractivity (Wildman–Crippen MR) is 26.3 cm³/mol. The van der Waals surface area contributed by atoms with Crippen molar-refractivity contribution in [2.75, 3.05) is 0 Å². The van der Waals surface area contributed by atoms with Gasteiger partial charge in [0.25, 0.3) is 0 Å². The minimum absolute atomic E-state index is 0.0231. The predicted octanol–water partition coefficient (Wildman–Crippen LogP) is 0.723. The van der Waals surface area contributed by atoms with E-state index in [1.165, 1.54) is 12.3 Å². The first-order valence-electron chi connectivity index (χ1n) is 1.99. The average molecular weight is 111 g/mol. The quantitative estimate of drug-likeness (QED) is 0.428. The Hall–Kier alpha value is -1.32. The van der Waals surface area contributed by atoms with Crippen LogP contribution in [0.25, 0.3) is 0 Å². The van der Waals surface area contributed by atoms with Crippen molar-refractivity contribution in [3.05, 3.63) is 28.4 Å². The third-order valence-corrected chi connectivity index (χ3v) is 0.720. The van der Waals surface area contributed by atoms with Crippen molar-refractivity contribution in [1.29, 1.82) is 0 Å². The molecule has 1 rings (SSSR count). The lowest BCUT2D eigenvalue weighted by molar-refractivity contribution is -0.389. The SMILES string of the molecule is O=[N+]([O-])c1c[c]c[nH]1. The van der Waals surface area contributed by atoms with Gasteiger partial charge >= 0.3 is 5.82 Å². The molecule has 1 aromatic heterocycles. The molecule has 0 saturated carbocycles. The van der Waals surface area contributed by atoms with Crippen LogP contribution in [0.3, 0.4) is 0 Å². The fraction of sp³-hybridized carbons (Fsp3) is 0. The first-order valence-corrected chi connectivity index (χ1v) is 1.99. The van der Waals surface area contributed by atoms with Crippen LogP contribution in [0, 0.1) is 16.2 Å². The van der Waals surface area contributed by atoms with Gasteiger partial charge in [-0.3, -0.25) is 0 Å². The smallest absolute Gasteiger partial charge is 0.321 e. The van der Waals surface area contributed by atoms with Crippen molar-refractivity contribution in [2.24, 2.45) is 0 Å². The zero-order chi connectivity index (χ0) is 5.98. The molecule has 0 unspecified atom stereocenters. The molecule has 0 amide bonds. The van der Waals surface area contributed by atoms with E-state index in [2.05, 4.69) is 11.1 Å². The lowest BCUT2D eigenvalue weighted by atomic mass is 10.6. The van der Waals surface area contributed by atoms with Crippen LogP contribution in [0.15, 0.2) is 12.3 Å². The maximum absolute atomic E-state index is 9.82. The number of nitrogens with one attached hydrogen (secondary N) is 1. The number of H-pyrrole nitrogens is 1. The third kappa shape index (κ3) is 0.676. The standard InChI is InChI=1S/C4H3N2O2/c7-6(8)4-2-1-3-5-4/h2-3,5H. The molecule has 1 N–H and O–H groups in total. The summed E-state index contributed by atoms with van der Waals surface area (Å²) >= 11 is 0. The van der Waals surface area contributed by atoms with E-state index in [0.717, 1.165) is 0 Å². The fourth-order valence-corrected chi connectivity index (χ4v) is 0.383. The molecule has 0 spiro atoms. The summed E-state index contributed by atoms with van der Waals surface area (Å²) in [6.07, 6.45) is 1.39. The van der Waals surface area contributed by atoms with Gasteiger partial charge in [0, 0.05) is 12.1 Å². The van der Waals surface area contributed by atoms with Crippen molar-refractivity contribution in [3.8, 4) is 0 Å². The number of nitrogens with zero attached hydrogens (tertiary/aromatic N) is 1. The molecule has 1 heterocycles. The second-order valence-corrected chi connectivity index (χ2v) is 1.24. The fourth-order valence-electron chi connectivity index (χ4n) is 0.383. The maximum Gasteiger partial charge on any atom is 0.321 e. The summed E-state index contributed by atoms with van der Waals surface area (Å²) < 4.78 is 0. The van der Waals surface area contributed by atoms with Crippen LogP contribution < -0.4 is 0 Å². The van der Waals surface area contributed by atoms with Gasteiger partial charge in [-0.1, -0.05) is 0 Å². The van der Waals surface area contributed by atoms with Crippen LogP contribution in [0.1, 0.15) is 0 Å². The number of hydrogen-bond acceptors (Lipinski definition) is 2. The molecule has 41 valence electrons. The summed E-state index contributed by atoms with van der Waals surface area (Å²) in [6.45, 7) is 0. The lowest BCUT2D eigenvalue weighted by Gasteiger charge is -1.84. The Kier molecular flexibility index (Phi) is 0.997. The van der Waals surface area contributed by atoms with Crippen LogP contribution in [-0.2, 0) is 0 Å². The van der Waals surface area contributed by atoms with E-state index in [1.54, 1.807) is 0 Å². The molecule has 0 aliphatic heterocycles. The van der Waals surface area contributed by atoms with Crippen molar-refractivity contribution < 1.29 is 4.92 Å². The van der Waals surface area contributed by atoms with E-state index in [0.29, 0.717) is 0 Å². The average Bonchev–Trinajstić information content (AvgIpc) is 2.12. The van der Waals surface area contributed by atoms with Gasteiger partial charge in [-0.15, -0.1) is 0 Å². The molecule has 1 radical (unpaired) electrons. The molecular weight excluding hydrogens is 108 g/mol. The summed E-state index contributed by atoms with van der Waals surface area (Å²) in [5, 5.41) is 9.82. The Morgan fingerprint density at radius 3 is 2.88 bits per heavy atom. The van der Waals surface area contributed by atoms with Crippen LogP contribution in [-0.4, -0.2) is 9.91 Å². The molecule has 0 aromatic carbocycles. The van der Waals surface area contributed by atoms with Crippen LogP contribution in [0.2, 0.25) is 0 Å². The van der Waals surface area contributed by atoms with Crippen LogP contribution >= 0.6 is 0 Å². The topological polar surface area (TPSA) is 58.9 Å². The summed E-state index contributed by atoms with van der Waals surface area (Å²) in [5.74, 6) is -0.0231. The molecule has 8 heavy (non-hydrogen) atoms. The van der Waals surface area contributed by atoms with Crippen molar-refractivity contribution >= 4 is 5.82 Å². The lowest BCUT2D eigenvalue weighted by Crippen LogP contribution is -1.85. The zero-order valence-electron chi connectivity index (χ0n) is 3.92. The van der Waals surface area contributed by atoms with E-state index in [1.807, 2.05) is 0 Å². The largest absolute Gasteiger partial charge is 0.358 e. The summed E-state index contributed by atoms with van der Waals surface area (Å²) in [5.41, 5.74) is 0. The van der Waals surface area contributed by atoms with Crippen molar-refractivity contribution in [3.63, 3.8) is 0 Å². The number of aromatic nitrogens is 1. The number of rotatable bonds is 1. The minimum Gasteiger partial charge on any atom is -0.358 e. The van der Waals surface area contributed by atoms with Gasteiger partial charge in [0.2, 0.25) is 0 Å². The summed E-state index contributed by atoms with van der Waals surface area (Å²) in [6, 6.07) is 3.79. The normalized spacial score (nSPS) is 9.00. The van der Waals surface area contributed by atoms with Gasteiger partial charge < -0.3 is 10.1 Å². The monoisotopic (exact) mass is 111 g/mol. The van der Waals surface area contributed by atoms with E-state index in [4.69, 9.17) is 0 Å². The van der Waals surface area contributed by atoms with E-state index in [9.17, 15) is 10.1 Å². The minimum atomic E-state index is -0.503. The van der Waals surface area contributed by atoms with E-state index in [-0.39, 0.29) is 5.82 Å². The second kappa shape index (κ2) is 1.65. The highest BCUT2D eigenvalue weighted by atomic mass is 16.6. The zero-order valence-corrected chi connectivity index (χ0v) is 3.92. The molecule has 0 aliphatic carbocycles. The second-order valence-electron chi connectivity index (χ2n) is 1.24. The highest BCUT2D eigenvalue weighted by Gasteiger charge is 1.98. The Balaban J connectivity index is 2.93. The Labute approximate surface area is 45.3 Å². The number of aromatic amines is 1. The van der Waals surface area contributed by atoms with Crippen molar-refractivity contribution in [2.45, 2.75) is 0 Å². The Morgan fingerprint density at radius 1 is 1.88 bits per heavy atom. The van der Waals surface area contributed by atoms with Gasteiger partial charge in [0.1, 0.15) is 0 Å². The molecule has 1 aromatic rings. The van der Waals surface area contributed by atoms with Crippen LogP contribution in [0.5, 0.6) is 0 Å². The molecule has 0 saturated heterocycles. The number of hydrogen-bond donors (Lipinski definition) is 1. The molecular formula is C4H3N2O2. The van der Waals surface area contributed by atoms with Gasteiger partial charge in [-0.25, -0.2) is 4.98 Å². The Bertz CT molecular complexity index is 180. The molecule has 0 atom stereocenters. The van der Waals surface area contributed by atoms with E-state index < -0.39 is 4.92 Å². The van der Waals surface area contributed by atoms with Crippen LogP contribution in [0.4, 0.5) is 5.82 Å². The van der Waals surface area contributed by atoms with Gasteiger partial charge in [-0.2, -0.15) is 0 Å². The first kappa shape index (κ1) is 4.83. The van der Waals surface area contributed by atoms with Gasteiger partial charge in [-0.05, 0) is 4.92 Å². The molecule has 4 nitrogen and oxygen atoms in total. The van der Waals surface area contributed by atoms with Gasteiger partial charge in [0.05, 0.1) is 6.20 Å². The molecule has 0 fully saturated rings. The number of nitro groups is 1. The van der Waals surface area contributed by atoms with E-state index >= 15 is 0 Å². The molecule has 0 bridgehead atoms.